The minimum atomic E-state index is 0.507. The summed E-state index contributed by atoms with van der Waals surface area (Å²) in [5.74, 6) is 0.790. The van der Waals surface area contributed by atoms with Crippen LogP contribution in [0.2, 0.25) is 10.0 Å². The molecule has 0 aromatic heterocycles. The zero-order valence-electron chi connectivity index (χ0n) is 10.2. The molecule has 0 radical (unpaired) electrons. The van der Waals surface area contributed by atoms with Crippen molar-refractivity contribution < 1.29 is 0 Å². The highest BCUT2D eigenvalue weighted by atomic mass is 35.5. The van der Waals surface area contributed by atoms with Crippen LogP contribution in [0.15, 0.2) is 18.2 Å². The molecule has 0 aliphatic heterocycles. The van der Waals surface area contributed by atoms with Crippen molar-refractivity contribution >= 4 is 28.9 Å². The lowest BCUT2D eigenvalue weighted by Crippen LogP contribution is -2.27. The van der Waals surface area contributed by atoms with E-state index in [1.165, 1.54) is 32.1 Å². The first-order chi connectivity index (χ1) is 8.16. The van der Waals surface area contributed by atoms with Gasteiger partial charge in [-0.25, -0.2) is 0 Å². The quantitative estimate of drug-likeness (QED) is 0.779. The Balaban J connectivity index is 1.96. The van der Waals surface area contributed by atoms with Crippen molar-refractivity contribution in [3.63, 3.8) is 0 Å². The van der Waals surface area contributed by atoms with Crippen LogP contribution in [0, 0.1) is 5.92 Å². The average Bonchev–Trinajstić information content (AvgIpc) is 2.35. The summed E-state index contributed by atoms with van der Waals surface area (Å²) in [5.41, 5.74) is 1.07. The van der Waals surface area contributed by atoms with Crippen LogP contribution in [-0.4, -0.2) is 6.04 Å². The second-order valence-corrected chi connectivity index (χ2v) is 5.77. The lowest BCUT2D eigenvalue weighted by atomic mass is 9.84. The van der Waals surface area contributed by atoms with Crippen LogP contribution < -0.4 is 5.32 Å². The normalized spacial score (nSPS) is 19.0. The van der Waals surface area contributed by atoms with Gasteiger partial charge in [0.05, 0.1) is 10.0 Å². The van der Waals surface area contributed by atoms with Crippen LogP contribution in [0.25, 0.3) is 0 Å². The molecule has 3 heteroatoms. The largest absolute Gasteiger partial charge is 0.382 e. The van der Waals surface area contributed by atoms with Crippen molar-refractivity contribution in [1.29, 1.82) is 0 Å². The Bertz CT molecular complexity index is 372. The van der Waals surface area contributed by atoms with E-state index in [4.69, 9.17) is 23.2 Å². The topological polar surface area (TPSA) is 12.0 Å². The van der Waals surface area contributed by atoms with E-state index in [9.17, 15) is 0 Å². The fraction of sp³-hybridized carbons (Fsp3) is 0.571. The number of hydrogen-bond donors (Lipinski definition) is 1. The minimum absolute atomic E-state index is 0.507. The summed E-state index contributed by atoms with van der Waals surface area (Å²) in [6, 6.07) is 6.25. The van der Waals surface area contributed by atoms with Gasteiger partial charge >= 0.3 is 0 Å². The number of halogens is 2. The smallest absolute Gasteiger partial charge is 0.0612 e. The number of rotatable bonds is 3. The van der Waals surface area contributed by atoms with Gasteiger partial charge in [0.2, 0.25) is 0 Å². The van der Waals surface area contributed by atoms with Crippen LogP contribution in [-0.2, 0) is 0 Å². The first-order valence-corrected chi connectivity index (χ1v) is 7.14. The predicted octanol–water partition coefficient (Wildman–Crippen LogP) is 5.37. The van der Waals surface area contributed by atoms with Crippen molar-refractivity contribution in [2.75, 3.05) is 5.32 Å². The molecule has 2 rings (SSSR count). The Morgan fingerprint density at radius 1 is 1.12 bits per heavy atom. The maximum Gasteiger partial charge on any atom is 0.0612 e. The number of benzene rings is 1. The van der Waals surface area contributed by atoms with Gasteiger partial charge in [-0.2, -0.15) is 0 Å². The Hall–Kier alpha value is -0.400. The molecule has 1 saturated carbocycles. The van der Waals surface area contributed by atoms with Gasteiger partial charge in [-0.1, -0.05) is 42.5 Å². The third-order valence-electron chi connectivity index (χ3n) is 3.67. The molecule has 1 unspecified atom stereocenters. The Labute approximate surface area is 114 Å². The van der Waals surface area contributed by atoms with Crippen molar-refractivity contribution in [3.8, 4) is 0 Å². The maximum absolute atomic E-state index is 6.01. The molecule has 1 aromatic rings. The molecule has 0 spiro atoms. The summed E-state index contributed by atoms with van der Waals surface area (Å²) in [4.78, 5) is 0. The van der Waals surface area contributed by atoms with Gasteiger partial charge in [0.15, 0.2) is 0 Å². The van der Waals surface area contributed by atoms with E-state index >= 15 is 0 Å². The zero-order valence-corrected chi connectivity index (χ0v) is 11.7. The number of anilines is 1. The molecule has 0 amide bonds. The highest BCUT2D eigenvalue weighted by Gasteiger charge is 2.19. The average molecular weight is 272 g/mol. The van der Waals surface area contributed by atoms with E-state index in [0.29, 0.717) is 16.1 Å². The summed E-state index contributed by atoms with van der Waals surface area (Å²) in [6.07, 6.45) is 6.83. The summed E-state index contributed by atoms with van der Waals surface area (Å²) in [6.45, 7) is 2.26. The van der Waals surface area contributed by atoms with Crippen molar-refractivity contribution in [2.24, 2.45) is 5.92 Å². The van der Waals surface area contributed by atoms with Gasteiger partial charge in [-0.15, -0.1) is 0 Å². The van der Waals surface area contributed by atoms with E-state index < -0.39 is 0 Å². The van der Waals surface area contributed by atoms with Gasteiger partial charge in [0.25, 0.3) is 0 Å². The molecular formula is C14H19Cl2N. The monoisotopic (exact) mass is 271 g/mol. The summed E-state index contributed by atoms with van der Waals surface area (Å²) < 4.78 is 0. The zero-order chi connectivity index (χ0) is 12.3. The molecule has 94 valence electrons. The standard InChI is InChI=1S/C14H19Cl2N/c1-10(11-5-3-2-4-6-11)17-12-7-8-13(15)14(16)9-12/h7-11,17H,2-6H2,1H3. The van der Waals surface area contributed by atoms with Gasteiger partial charge < -0.3 is 5.32 Å². The molecule has 1 N–H and O–H groups in total. The van der Waals surface area contributed by atoms with Crippen molar-refractivity contribution in [1.82, 2.24) is 0 Å². The highest BCUT2D eigenvalue weighted by molar-refractivity contribution is 6.42. The molecular weight excluding hydrogens is 253 g/mol. The molecule has 1 aliphatic carbocycles. The number of hydrogen-bond acceptors (Lipinski definition) is 1. The van der Waals surface area contributed by atoms with Crippen molar-refractivity contribution in [2.45, 2.75) is 45.1 Å². The van der Waals surface area contributed by atoms with Crippen LogP contribution in [0.4, 0.5) is 5.69 Å². The first kappa shape index (κ1) is 13.0. The third kappa shape index (κ3) is 3.53. The van der Waals surface area contributed by atoms with Gasteiger partial charge in [0.1, 0.15) is 0 Å². The lowest BCUT2D eigenvalue weighted by Gasteiger charge is -2.29. The van der Waals surface area contributed by atoms with E-state index in [1.807, 2.05) is 18.2 Å². The molecule has 1 atom stereocenters. The third-order valence-corrected chi connectivity index (χ3v) is 4.41. The van der Waals surface area contributed by atoms with Crippen LogP contribution >= 0.6 is 23.2 Å². The predicted molar refractivity (Wildman–Crippen MR) is 76.1 cm³/mol. The summed E-state index contributed by atoms with van der Waals surface area (Å²) in [7, 11) is 0. The maximum atomic E-state index is 6.01. The Kier molecular flexibility index (Phi) is 4.58. The van der Waals surface area contributed by atoms with E-state index in [2.05, 4.69) is 12.2 Å². The highest BCUT2D eigenvalue weighted by Crippen LogP contribution is 2.30. The van der Waals surface area contributed by atoms with Gasteiger partial charge in [0, 0.05) is 11.7 Å². The summed E-state index contributed by atoms with van der Waals surface area (Å²) in [5, 5.41) is 4.77. The van der Waals surface area contributed by atoms with Gasteiger partial charge in [-0.3, -0.25) is 0 Å². The molecule has 1 fully saturated rings. The first-order valence-electron chi connectivity index (χ1n) is 6.38. The second-order valence-electron chi connectivity index (χ2n) is 4.96. The molecule has 1 aliphatic rings. The lowest BCUT2D eigenvalue weighted by molar-refractivity contribution is 0.328. The second kappa shape index (κ2) is 5.97. The van der Waals surface area contributed by atoms with Gasteiger partial charge in [-0.05, 0) is 43.9 Å². The molecule has 0 saturated heterocycles. The molecule has 1 aromatic carbocycles. The molecule has 0 heterocycles. The Morgan fingerprint density at radius 2 is 1.82 bits per heavy atom. The van der Waals surface area contributed by atoms with Crippen LogP contribution in [0.3, 0.4) is 0 Å². The molecule has 17 heavy (non-hydrogen) atoms. The minimum Gasteiger partial charge on any atom is -0.382 e. The molecule has 1 nitrogen and oxygen atoms in total. The SMILES string of the molecule is CC(Nc1ccc(Cl)c(Cl)c1)C1CCCCC1. The van der Waals surface area contributed by atoms with Crippen LogP contribution in [0.5, 0.6) is 0 Å². The van der Waals surface area contributed by atoms with E-state index in [-0.39, 0.29) is 0 Å². The Morgan fingerprint density at radius 3 is 2.47 bits per heavy atom. The van der Waals surface area contributed by atoms with Crippen LogP contribution in [0.1, 0.15) is 39.0 Å². The van der Waals surface area contributed by atoms with E-state index in [1.54, 1.807) is 0 Å². The fourth-order valence-corrected chi connectivity index (χ4v) is 2.90. The van der Waals surface area contributed by atoms with Crippen molar-refractivity contribution in [3.05, 3.63) is 28.2 Å². The molecule has 0 bridgehead atoms. The summed E-state index contributed by atoms with van der Waals surface area (Å²) >= 11 is 11.9. The fourth-order valence-electron chi connectivity index (χ4n) is 2.60. The van der Waals surface area contributed by atoms with E-state index in [0.717, 1.165) is 11.6 Å². The number of nitrogens with one attached hydrogen (secondary N) is 1.